The van der Waals surface area contributed by atoms with Crippen molar-refractivity contribution in [2.45, 2.75) is 39.0 Å². The maximum absolute atomic E-state index is 11.4. The van der Waals surface area contributed by atoms with Gasteiger partial charge in [-0.05, 0) is 13.3 Å². The van der Waals surface area contributed by atoms with Crippen molar-refractivity contribution in [1.82, 2.24) is 14.7 Å². The fourth-order valence-corrected chi connectivity index (χ4v) is 2.33. The summed E-state index contributed by atoms with van der Waals surface area (Å²) in [5.41, 5.74) is 5.67. The number of nitrogens with two attached hydrogens (primary N) is 1. The van der Waals surface area contributed by atoms with Gasteiger partial charge in [0.15, 0.2) is 5.60 Å². The Morgan fingerprint density at radius 1 is 1.63 bits per heavy atom. The van der Waals surface area contributed by atoms with E-state index in [1.807, 2.05) is 10.9 Å². The molecule has 2 rings (SSSR count). The molecule has 19 heavy (non-hydrogen) atoms. The summed E-state index contributed by atoms with van der Waals surface area (Å²) < 4.78 is 7.45. The molecule has 1 fully saturated rings. The molecule has 1 amide bonds. The highest BCUT2D eigenvalue weighted by Crippen LogP contribution is 2.18. The molecular formula is C13H22N4O2. The second-order valence-electron chi connectivity index (χ2n) is 5.27. The smallest absolute Gasteiger partial charge is 0.250 e. The Kier molecular flexibility index (Phi) is 4.21. The van der Waals surface area contributed by atoms with E-state index in [2.05, 4.69) is 23.1 Å². The van der Waals surface area contributed by atoms with Crippen molar-refractivity contribution in [3.63, 3.8) is 0 Å². The molecule has 2 heterocycles. The van der Waals surface area contributed by atoms with Gasteiger partial charge in [-0.25, -0.2) is 0 Å². The van der Waals surface area contributed by atoms with Crippen molar-refractivity contribution in [2.24, 2.45) is 5.73 Å². The molecule has 2 N–H and O–H groups in total. The molecule has 0 aromatic carbocycles. The molecule has 0 saturated carbocycles. The first kappa shape index (κ1) is 14.0. The van der Waals surface area contributed by atoms with Crippen LogP contribution in [0.4, 0.5) is 0 Å². The molecule has 6 nitrogen and oxygen atoms in total. The zero-order valence-electron chi connectivity index (χ0n) is 11.6. The number of primary amides is 1. The molecule has 1 aromatic rings. The van der Waals surface area contributed by atoms with E-state index in [-0.39, 0.29) is 0 Å². The quantitative estimate of drug-likeness (QED) is 0.835. The molecular weight excluding hydrogens is 244 g/mol. The summed E-state index contributed by atoms with van der Waals surface area (Å²) in [5.74, 6) is -0.404. The number of carbonyl (C=O) groups is 1. The standard InChI is InChI=1S/C13H22N4O2/c1-3-4-17-9-11(7-15-17)8-16-5-6-19-13(2,10-16)12(14)18/h7,9H,3-6,8,10H2,1-2H3,(H2,14,18). The number of amides is 1. The largest absolute Gasteiger partial charge is 0.367 e. The van der Waals surface area contributed by atoms with Gasteiger partial charge in [-0.3, -0.25) is 14.4 Å². The Hall–Kier alpha value is -1.40. The van der Waals surface area contributed by atoms with Crippen LogP contribution in [-0.2, 0) is 22.6 Å². The van der Waals surface area contributed by atoms with Crippen molar-refractivity contribution in [3.05, 3.63) is 18.0 Å². The van der Waals surface area contributed by atoms with Gasteiger partial charge in [-0.1, -0.05) is 6.92 Å². The number of hydrogen-bond acceptors (Lipinski definition) is 4. The summed E-state index contributed by atoms with van der Waals surface area (Å²) >= 11 is 0. The number of morpholine rings is 1. The first-order valence-corrected chi connectivity index (χ1v) is 6.71. The van der Waals surface area contributed by atoms with Crippen LogP contribution in [0.5, 0.6) is 0 Å². The van der Waals surface area contributed by atoms with Gasteiger partial charge in [0.2, 0.25) is 0 Å². The van der Waals surface area contributed by atoms with Crippen LogP contribution < -0.4 is 5.73 Å². The Morgan fingerprint density at radius 2 is 2.42 bits per heavy atom. The zero-order valence-corrected chi connectivity index (χ0v) is 11.6. The number of aromatic nitrogens is 2. The minimum absolute atomic E-state index is 0.404. The number of rotatable bonds is 5. The van der Waals surface area contributed by atoms with Crippen molar-refractivity contribution < 1.29 is 9.53 Å². The maximum Gasteiger partial charge on any atom is 0.250 e. The van der Waals surface area contributed by atoms with Crippen LogP contribution >= 0.6 is 0 Å². The minimum Gasteiger partial charge on any atom is -0.367 e. The SMILES string of the molecule is CCCn1cc(CN2CCOC(C)(C(N)=O)C2)cn1. The Morgan fingerprint density at radius 3 is 3.11 bits per heavy atom. The Bertz CT molecular complexity index is 446. The van der Waals surface area contributed by atoms with Gasteiger partial charge in [0.1, 0.15) is 0 Å². The van der Waals surface area contributed by atoms with Crippen molar-refractivity contribution in [3.8, 4) is 0 Å². The van der Waals surface area contributed by atoms with Crippen LogP contribution in [-0.4, -0.2) is 45.9 Å². The van der Waals surface area contributed by atoms with Gasteiger partial charge in [0.25, 0.3) is 5.91 Å². The zero-order chi connectivity index (χ0) is 13.9. The molecule has 0 radical (unpaired) electrons. The van der Waals surface area contributed by atoms with E-state index in [4.69, 9.17) is 10.5 Å². The topological polar surface area (TPSA) is 73.4 Å². The van der Waals surface area contributed by atoms with Gasteiger partial charge in [-0.15, -0.1) is 0 Å². The molecule has 1 aliphatic heterocycles. The van der Waals surface area contributed by atoms with Crippen molar-refractivity contribution >= 4 is 5.91 Å². The summed E-state index contributed by atoms with van der Waals surface area (Å²) in [6.07, 6.45) is 5.01. The van der Waals surface area contributed by atoms with Gasteiger partial charge < -0.3 is 10.5 Å². The van der Waals surface area contributed by atoms with Gasteiger partial charge >= 0.3 is 0 Å². The molecule has 0 spiro atoms. The van der Waals surface area contributed by atoms with E-state index >= 15 is 0 Å². The van der Waals surface area contributed by atoms with Crippen LogP contribution in [0.1, 0.15) is 25.8 Å². The summed E-state index contributed by atoms with van der Waals surface area (Å²) in [7, 11) is 0. The molecule has 0 aliphatic carbocycles. The number of carbonyl (C=O) groups excluding carboxylic acids is 1. The van der Waals surface area contributed by atoms with Crippen molar-refractivity contribution in [1.29, 1.82) is 0 Å². The lowest BCUT2D eigenvalue weighted by Crippen LogP contribution is -2.56. The molecule has 6 heteroatoms. The summed E-state index contributed by atoms with van der Waals surface area (Å²) in [5, 5.41) is 4.31. The van der Waals surface area contributed by atoms with E-state index in [1.165, 1.54) is 0 Å². The van der Waals surface area contributed by atoms with E-state index < -0.39 is 11.5 Å². The fraction of sp³-hybridized carbons (Fsp3) is 0.692. The number of hydrogen-bond donors (Lipinski definition) is 1. The third-order valence-corrected chi connectivity index (χ3v) is 3.42. The maximum atomic E-state index is 11.4. The van der Waals surface area contributed by atoms with Crippen LogP contribution in [0.25, 0.3) is 0 Å². The summed E-state index contributed by atoms with van der Waals surface area (Å²) in [6, 6.07) is 0. The van der Waals surface area contributed by atoms with Crippen molar-refractivity contribution in [2.75, 3.05) is 19.7 Å². The summed E-state index contributed by atoms with van der Waals surface area (Å²) in [6.45, 7) is 7.45. The Labute approximate surface area is 113 Å². The third-order valence-electron chi connectivity index (χ3n) is 3.42. The van der Waals surface area contributed by atoms with E-state index in [0.29, 0.717) is 13.2 Å². The molecule has 1 unspecified atom stereocenters. The second kappa shape index (κ2) is 5.71. The van der Waals surface area contributed by atoms with Crippen LogP contribution in [0.15, 0.2) is 12.4 Å². The molecule has 1 atom stereocenters. The number of aryl methyl sites for hydroxylation is 1. The van der Waals surface area contributed by atoms with E-state index in [1.54, 1.807) is 6.92 Å². The van der Waals surface area contributed by atoms with Gasteiger partial charge in [-0.2, -0.15) is 5.10 Å². The monoisotopic (exact) mass is 266 g/mol. The first-order valence-electron chi connectivity index (χ1n) is 6.71. The van der Waals surface area contributed by atoms with Crippen LogP contribution in [0.3, 0.4) is 0 Å². The normalized spacial score (nSPS) is 24.5. The predicted octanol–water partition coefficient (Wildman–Crippen LogP) is 0.369. The molecule has 1 saturated heterocycles. The average molecular weight is 266 g/mol. The average Bonchev–Trinajstić information content (AvgIpc) is 2.77. The molecule has 106 valence electrons. The second-order valence-corrected chi connectivity index (χ2v) is 5.27. The lowest BCUT2D eigenvalue weighted by Gasteiger charge is -2.38. The summed E-state index contributed by atoms with van der Waals surface area (Å²) in [4.78, 5) is 13.6. The third kappa shape index (κ3) is 3.33. The lowest BCUT2D eigenvalue weighted by atomic mass is 10.0. The number of ether oxygens (including phenoxy) is 1. The van der Waals surface area contributed by atoms with E-state index in [9.17, 15) is 4.79 Å². The van der Waals surface area contributed by atoms with Crippen LogP contribution in [0, 0.1) is 0 Å². The molecule has 1 aromatic heterocycles. The van der Waals surface area contributed by atoms with Gasteiger partial charge in [0.05, 0.1) is 12.8 Å². The molecule has 0 bridgehead atoms. The lowest BCUT2D eigenvalue weighted by molar-refractivity contribution is -0.153. The number of nitrogens with zero attached hydrogens (tertiary/aromatic N) is 3. The van der Waals surface area contributed by atoms with E-state index in [0.717, 1.165) is 31.6 Å². The van der Waals surface area contributed by atoms with Crippen LogP contribution in [0.2, 0.25) is 0 Å². The van der Waals surface area contributed by atoms with Gasteiger partial charge in [0, 0.05) is 37.9 Å². The predicted molar refractivity (Wildman–Crippen MR) is 71.3 cm³/mol. The fourth-order valence-electron chi connectivity index (χ4n) is 2.33. The Balaban J connectivity index is 1.96. The molecule has 1 aliphatic rings. The highest BCUT2D eigenvalue weighted by molar-refractivity contribution is 5.83. The highest BCUT2D eigenvalue weighted by Gasteiger charge is 2.37. The minimum atomic E-state index is -0.877. The highest BCUT2D eigenvalue weighted by atomic mass is 16.5. The first-order chi connectivity index (χ1) is 9.03.